The van der Waals surface area contributed by atoms with Gasteiger partial charge in [-0.2, -0.15) is 0 Å². The van der Waals surface area contributed by atoms with Gasteiger partial charge < -0.3 is 0 Å². The minimum atomic E-state index is 1.06. The monoisotopic (exact) mass is 144 g/mol. The standard InChI is InChI=1S/C11H12/c1-4-6-11-9(2)7-5-8-10(11)3/h4-8H,1-2H2,3H3/b11-6+. The van der Waals surface area contributed by atoms with E-state index < -0.39 is 0 Å². The second-order valence-electron chi connectivity index (χ2n) is 2.55. The highest BCUT2D eigenvalue weighted by Crippen LogP contribution is 1.83. The van der Waals surface area contributed by atoms with Crippen molar-refractivity contribution in [2.24, 2.45) is 0 Å². The molecule has 0 nitrogen and oxygen atoms in total. The molecular weight excluding hydrogens is 132 g/mol. The number of hydrogen-bond donors (Lipinski definition) is 0. The fourth-order valence-electron chi connectivity index (χ4n) is 1.10. The van der Waals surface area contributed by atoms with E-state index in [4.69, 9.17) is 0 Å². The van der Waals surface area contributed by atoms with E-state index in [-0.39, 0.29) is 0 Å². The van der Waals surface area contributed by atoms with E-state index in [1.54, 1.807) is 6.08 Å². The molecule has 1 rings (SSSR count). The highest BCUT2D eigenvalue weighted by molar-refractivity contribution is 5.39. The van der Waals surface area contributed by atoms with Gasteiger partial charge in [-0.3, -0.25) is 0 Å². The van der Waals surface area contributed by atoms with E-state index in [1.165, 1.54) is 10.8 Å². The minimum absolute atomic E-state index is 1.06. The highest BCUT2D eigenvalue weighted by atomic mass is 13.9. The zero-order valence-electron chi connectivity index (χ0n) is 6.80. The molecule has 11 heavy (non-hydrogen) atoms. The minimum Gasteiger partial charge on any atom is -0.0990 e. The van der Waals surface area contributed by atoms with Gasteiger partial charge in [-0.05, 0) is 22.9 Å². The molecule has 0 spiro atoms. The summed E-state index contributed by atoms with van der Waals surface area (Å²) in [6.45, 7) is 9.65. The maximum absolute atomic E-state index is 3.92. The van der Waals surface area contributed by atoms with Crippen LogP contribution in [0.5, 0.6) is 0 Å². The van der Waals surface area contributed by atoms with Gasteiger partial charge in [0.1, 0.15) is 0 Å². The van der Waals surface area contributed by atoms with Crippen LogP contribution >= 0.6 is 0 Å². The molecule has 0 aromatic heterocycles. The molecule has 0 aliphatic rings. The molecule has 0 atom stereocenters. The summed E-state index contributed by atoms with van der Waals surface area (Å²) in [4.78, 5) is 0. The van der Waals surface area contributed by atoms with Crippen molar-refractivity contribution in [3.8, 4) is 0 Å². The molecule has 0 heteroatoms. The Morgan fingerprint density at radius 3 is 2.64 bits per heavy atom. The van der Waals surface area contributed by atoms with Gasteiger partial charge in [0.2, 0.25) is 0 Å². The lowest BCUT2D eigenvalue weighted by Gasteiger charge is -1.92. The summed E-state index contributed by atoms with van der Waals surface area (Å²) in [6.07, 6.45) is 3.77. The van der Waals surface area contributed by atoms with Crippen LogP contribution < -0.4 is 10.4 Å². The summed E-state index contributed by atoms with van der Waals surface area (Å²) in [5.74, 6) is 0. The van der Waals surface area contributed by atoms with Gasteiger partial charge >= 0.3 is 0 Å². The highest BCUT2D eigenvalue weighted by Gasteiger charge is 1.85. The Kier molecular flexibility index (Phi) is 2.27. The predicted octanol–water partition coefficient (Wildman–Crippen LogP) is 1.37. The first-order valence-electron chi connectivity index (χ1n) is 3.63. The molecule has 0 saturated carbocycles. The first-order valence-corrected chi connectivity index (χ1v) is 3.63. The first kappa shape index (κ1) is 7.80. The van der Waals surface area contributed by atoms with Crippen molar-refractivity contribution in [1.29, 1.82) is 0 Å². The number of hydrogen-bond acceptors (Lipinski definition) is 0. The van der Waals surface area contributed by atoms with Crippen LogP contribution in [-0.4, -0.2) is 0 Å². The van der Waals surface area contributed by atoms with Crippen LogP contribution in [0.3, 0.4) is 0 Å². The molecule has 1 aromatic carbocycles. The summed E-state index contributed by atoms with van der Waals surface area (Å²) in [5, 5.41) is 2.24. The summed E-state index contributed by atoms with van der Waals surface area (Å²) < 4.78 is 0. The van der Waals surface area contributed by atoms with Gasteiger partial charge in [0, 0.05) is 0 Å². The fourth-order valence-corrected chi connectivity index (χ4v) is 1.10. The normalized spacial score (nSPS) is 11.5. The first-order chi connectivity index (χ1) is 5.25. The van der Waals surface area contributed by atoms with Crippen molar-refractivity contribution in [2.75, 3.05) is 0 Å². The van der Waals surface area contributed by atoms with Crippen molar-refractivity contribution < 1.29 is 0 Å². The van der Waals surface area contributed by atoms with Crippen molar-refractivity contribution >= 4 is 12.7 Å². The lowest BCUT2D eigenvalue weighted by Crippen LogP contribution is -2.24. The Hall–Kier alpha value is -1.30. The third kappa shape index (κ3) is 1.58. The SMILES string of the molecule is C=C/C=c1/c(C)cccc1=C. The van der Waals surface area contributed by atoms with Crippen LogP contribution in [0.15, 0.2) is 30.9 Å². The molecular formula is C11H12. The predicted molar refractivity (Wildman–Crippen MR) is 50.6 cm³/mol. The van der Waals surface area contributed by atoms with Gasteiger partial charge in [-0.15, -0.1) is 0 Å². The summed E-state index contributed by atoms with van der Waals surface area (Å²) in [5.41, 5.74) is 1.25. The van der Waals surface area contributed by atoms with Gasteiger partial charge in [0.15, 0.2) is 0 Å². The molecule has 0 saturated heterocycles. The van der Waals surface area contributed by atoms with Crippen molar-refractivity contribution in [3.05, 3.63) is 46.9 Å². The summed E-state index contributed by atoms with van der Waals surface area (Å²) in [7, 11) is 0. The summed E-state index contributed by atoms with van der Waals surface area (Å²) in [6, 6.07) is 6.09. The Labute approximate surface area is 67.2 Å². The molecule has 0 heterocycles. The largest absolute Gasteiger partial charge is 0.0990 e. The molecule has 0 fully saturated rings. The van der Waals surface area contributed by atoms with Gasteiger partial charge in [-0.1, -0.05) is 43.5 Å². The van der Waals surface area contributed by atoms with E-state index in [9.17, 15) is 0 Å². The van der Waals surface area contributed by atoms with Crippen LogP contribution in [0.25, 0.3) is 12.7 Å². The average molecular weight is 144 g/mol. The third-order valence-electron chi connectivity index (χ3n) is 1.70. The average Bonchev–Trinajstić information content (AvgIpc) is 1.97. The van der Waals surface area contributed by atoms with Gasteiger partial charge in [-0.25, -0.2) is 0 Å². The third-order valence-corrected chi connectivity index (χ3v) is 1.70. The van der Waals surface area contributed by atoms with Gasteiger partial charge in [0.25, 0.3) is 0 Å². The lowest BCUT2D eigenvalue weighted by molar-refractivity contribution is 1.38. The van der Waals surface area contributed by atoms with Crippen LogP contribution in [-0.2, 0) is 0 Å². The molecule has 0 radical (unpaired) electrons. The van der Waals surface area contributed by atoms with Crippen molar-refractivity contribution in [1.82, 2.24) is 0 Å². The van der Waals surface area contributed by atoms with Crippen molar-refractivity contribution in [2.45, 2.75) is 6.92 Å². The maximum atomic E-state index is 3.92. The number of benzene rings is 1. The van der Waals surface area contributed by atoms with E-state index >= 15 is 0 Å². The van der Waals surface area contributed by atoms with E-state index in [0.29, 0.717) is 0 Å². The topological polar surface area (TPSA) is 0 Å². The number of rotatable bonds is 1. The molecule has 0 unspecified atom stereocenters. The molecule has 0 aliphatic carbocycles. The maximum Gasteiger partial charge on any atom is -0.0161 e. The van der Waals surface area contributed by atoms with Crippen LogP contribution in [0.1, 0.15) is 5.56 Å². The zero-order valence-corrected chi connectivity index (χ0v) is 6.80. The number of allylic oxidation sites excluding steroid dienone is 1. The Balaban J connectivity index is 3.57. The molecule has 1 aromatic rings. The van der Waals surface area contributed by atoms with Crippen LogP contribution in [0.4, 0.5) is 0 Å². The van der Waals surface area contributed by atoms with Gasteiger partial charge in [0.05, 0.1) is 0 Å². The Bertz CT molecular complexity index is 358. The second-order valence-corrected chi connectivity index (χ2v) is 2.55. The van der Waals surface area contributed by atoms with Crippen LogP contribution in [0, 0.1) is 6.92 Å². The molecule has 0 bridgehead atoms. The Morgan fingerprint density at radius 2 is 2.09 bits per heavy atom. The second kappa shape index (κ2) is 3.20. The van der Waals surface area contributed by atoms with E-state index in [0.717, 1.165) is 5.22 Å². The Morgan fingerprint density at radius 1 is 1.36 bits per heavy atom. The quantitative estimate of drug-likeness (QED) is 0.558. The lowest BCUT2D eigenvalue weighted by atomic mass is 10.1. The molecule has 0 aliphatic heterocycles. The van der Waals surface area contributed by atoms with E-state index in [2.05, 4.69) is 26.1 Å². The number of aryl methyl sites for hydroxylation is 1. The summed E-state index contributed by atoms with van der Waals surface area (Å²) >= 11 is 0. The molecule has 56 valence electrons. The van der Waals surface area contributed by atoms with Crippen LogP contribution in [0.2, 0.25) is 0 Å². The molecule has 0 amide bonds. The molecule has 0 N–H and O–H groups in total. The van der Waals surface area contributed by atoms with E-state index in [1.807, 2.05) is 18.2 Å². The fraction of sp³-hybridized carbons (Fsp3) is 0.0909. The zero-order chi connectivity index (χ0) is 8.27. The van der Waals surface area contributed by atoms with Crippen molar-refractivity contribution in [3.63, 3.8) is 0 Å². The smallest absolute Gasteiger partial charge is 0.0161 e.